The third kappa shape index (κ3) is 3.08. The molecule has 108 valence electrons. The summed E-state index contributed by atoms with van der Waals surface area (Å²) in [4.78, 5) is 27.9. The van der Waals surface area contributed by atoms with Gasteiger partial charge in [0.1, 0.15) is 0 Å². The maximum Gasteiger partial charge on any atom is 0.228 e. The van der Waals surface area contributed by atoms with Crippen molar-refractivity contribution >= 4 is 11.8 Å². The van der Waals surface area contributed by atoms with Gasteiger partial charge in [0, 0.05) is 26.1 Å². The van der Waals surface area contributed by atoms with E-state index in [4.69, 9.17) is 0 Å². The van der Waals surface area contributed by atoms with E-state index < -0.39 is 0 Å². The molecule has 2 aliphatic rings. The molecular weight excluding hydrogens is 244 g/mol. The van der Waals surface area contributed by atoms with Crippen LogP contribution < -0.4 is 0 Å². The van der Waals surface area contributed by atoms with Crippen LogP contribution in [-0.4, -0.2) is 59.0 Å². The minimum atomic E-state index is -0.210. The van der Waals surface area contributed by atoms with Crippen molar-refractivity contribution in [3.63, 3.8) is 0 Å². The molecule has 2 rings (SSSR count). The van der Waals surface area contributed by atoms with Crippen molar-refractivity contribution in [2.45, 2.75) is 39.2 Å². The largest absolute Gasteiger partial charge is 0.394 e. The number of aliphatic hydroxyl groups is 1. The molecule has 0 aromatic carbocycles. The average molecular weight is 268 g/mol. The highest BCUT2D eigenvalue weighted by Crippen LogP contribution is 2.25. The number of amides is 2. The van der Waals surface area contributed by atoms with Crippen LogP contribution in [0.5, 0.6) is 0 Å². The molecule has 2 atom stereocenters. The van der Waals surface area contributed by atoms with E-state index in [-0.39, 0.29) is 30.4 Å². The lowest BCUT2D eigenvalue weighted by atomic mass is 10.1. The van der Waals surface area contributed by atoms with E-state index in [1.54, 1.807) is 9.80 Å². The maximum absolute atomic E-state index is 12.4. The number of carbonyl (C=O) groups is 2. The van der Waals surface area contributed by atoms with E-state index in [1.165, 1.54) is 0 Å². The standard InChI is InChI=1S/C14H24N2O3/c1-10(2)7-15-8-11(6-13(15)18)14(19)16-5-3-4-12(16)9-17/h10-12,17H,3-9H2,1-2H3. The van der Waals surface area contributed by atoms with Crippen LogP contribution in [0.2, 0.25) is 0 Å². The third-order valence-corrected chi connectivity index (χ3v) is 4.02. The lowest BCUT2D eigenvalue weighted by molar-refractivity contribution is -0.137. The second kappa shape index (κ2) is 5.90. The topological polar surface area (TPSA) is 60.9 Å². The third-order valence-electron chi connectivity index (χ3n) is 4.02. The van der Waals surface area contributed by atoms with Crippen LogP contribution in [0.3, 0.4) is 0 Å². The number of aliphatic hydroxyl groups excluding tert-OH is 1. The summed E-state index contributed by atoms with van der Waals surface area (Å²) in [5.74, 6) is 0.358. The Balaban J connectivity index is 1.96. The minimum absolute atomic E-state index is 0.0299. The molecule has 2 heterocycles. The number of likely N-dealkylation sites (tertiary alicyclic amines) is 2. The molecule has 0 spiro atoms. The van der Waals surface area contributed by atoms with Crippen molar-refractivity contribution in [3.8, 4) is 0 Å². The number of nitrogens with zero attached hydrogens (tertiary/aromatic N) is 2. The molecular formula is C14H24N2O3. The van der Waals surface area contributed by atoms with Gasteiger partial charge in [0.2, 0.25) is 11.8 Å². The smallest absolute Gasteiger partial charge is 0.228 e. The van der Waals surface area contributed by atoms with Gasteiger partial charge in [0.15, 0.2) is 0 Å². The molecule has 5 nitrogen and oxygen atoms in total. The lowest BCUT2D eigenvalue weighted by Crippen LogP contribution is -2.42. The summed E-state index contributed by atoms with van der Waals surface area (Å²) in [6.07, 6.45) is 2.16. The number of carbonyl (C=O) groups excluding carboxylic acids is 2. The van der Waals surface area contributed by atoms with Gasteiger partial charge in [-0.05, 0) is 18.8 Å². The second-order valence-corrected chi connectivity index (χ2v) is 6.10. The van der Waals surface area contributed by atoms with Crippen molar-refractivity contribution in [2.24, 2.45) is 11.8 Å². The zero-order valence-electron chi connectivity index (χ0n) is 11.8. The summed E-state index contributed by atoms with van der Waals surface area (Å²) in [6.45, 7) is 6.17. The number of hydrogen-bond acceptors (Lipinski definition) is 3. The fourth-order valence-corrected chi connectivity index (χ4v) is 3.10. The first-order valence-electron chi connectivity index (χ1n) is 7.22. The Morgan fingerprint density at radius 2 is 2.21 bits per heavy atom. The monoisotopic (exact) mass is 268 g/mol. The molecule has 1 N–H and O–H groups in total. The Morgan fingerprint density at radius 1 is 1.47 bits per heavy atom. The van der Waals surface area contributed by atoms with Gasteiger partial charge in [-0.25, -0.2) is 0 Å². The first-order chi connectivity index (χ1) is 9.02. The van der Waals surface area contributed by atoms with Crippen molar-refractivity contribution in [2.75, 3.05) is 26.2 Å². The predicted octanol–water partition coefficient (Wildman–Crippen LogP) is 0.474. The van der Waals surface area contributed by atoms with Gasteiger partial charge in [0.05, 0.1) is 18.6 Å². The Bertz CT molecular complexity index is 357. The molecule has 2 unspecified atom stereocenters. The van der Waals surface area contributed by atoms with Crippen molar-refractivity contribution < 1.29 is 14.7 Å². The Morgan fingerprint density at radius 3 is 2.84 bits per heavy atom. The van der Waals surface area contributed by atoms with Crippen LogP contribution in [0.1, 0.15) is 33.1 Å². The van der Waals surface area contributed by atoms with Gasteiger partial charge >= 0.3 is 0 Å². The summed E-state index contributed by atoms with van der Waals surface area (Å²) in [7, 11) is 0. The molecule has 2 saturated heterocycles. The predicted molar refractivity (Wildman–Crippen MR) is 71.3 cm³/mol. The fourth-order valence-electron chi connectivity index (χ4n) is 3.10. The van der Waals surface area contributed by atoms with E-state index >= 15 is 0 Å². The average Bonchev–Trinajstić information content (AvgIpc) is 2.95. The second-order valence-electron chi connectivity index (χ2n) is 6.10. The number of hydrogen-bond donors (Lipinski definition) is 1. The van der Waals surface area contributed by atoms with Crippen LogP contribution in [0.4, 0.5) is 0 Å². The highest BCUT2D eigenvalue weighted by molar-refractivity contribution is 5.89. The van der Waals surface area contributed by atoms with E-state index in [1.807, 2.05) is 0 Å². The Kier molecular flexibility index (Phi) is 4.45. The van der Waals surface area contributed by atoms with Crippen molar-refractivity contribution in [3.05, 3.63) is 0 Å². The quantitative estimate of drug-likeness (QED) is 0.806. The fraction of sp³-hybridized carbons (Fsp3) is 0.857. The van der Waals surface area contributed by atoms with Crippen LogP contribution >= 0.6 is 0 Å². The molecule has 2 amide bonds. The van der Waals surface area contributed by atoms with Gasteiger partial charge < -0.3 is 14.9 Å². The summed E-state index contributed by atoms with van der Waals surface area (Å²) in [5, 5.41) is 9.28. The van der Waals surface area contributed by atoms with Crippen molar-refractivity contribution in [1.29, 1.82) is 0 Å². The zero-order chi connectivity index (χ0) is 14.0. The first-order valence-corrected chi connectivity index (χ1v) is 7.22. The summed E-state index contributed by atoms with van der Waals surface area (Å²) >= 11 is 0. The van der Waals surface area contributed by atoms with Crippen LogP contribution in [0.25, 0.3) is 0 Å². The van der Waals surface area contributed by atoms with Crippen LogP contribution in [0.15, 0.2) is 0 Å². The molecule has 0 aromatic heterocycles. The van der Waals surface area contributed by atoms with Gasteiger partial charge in [-0.15, -0.1) is 0 Å². The molecule has 2 aliphatic heterocycles. The highest BCUT2D eigenvalue weighted by Gasteiger charge is 2.39. The van der Waals surface area contributed by atoms with Gasteiger partial charge in [-0.1, -0.05) is 13.8 Å². The summed E-state index contributed by atoms with van der Waals surface area (Å²) in [6, 6.07) is -0.0400. The number of rotatable bonds is 4. The van der Waals surface area contributed by atoms with E-state index in [2.05, 4.69) is 13.8 Å². The van der Waals surface area contributed by atoms with Crippen LogP contribution in [0, 0.1) is 11.8 Å². The van der Waals surface area contributed by atoms with E-state index in [0.717, 1.165) is 25.9 Å². The lowest BCUT2D eigenvalue weighted by Gasteiger charge is -2.26. The molecule has 0 bridgehead atoms. The molecule has 0 aromatic rings. The molecule has 0 aliphatic carbocycles. The SMILES string of the molecule is CC(C)CN1CC(C(=O)N2CCCC2CO)CC1=O. The van der Waals surface area contributed by atoms with Gasteiger partial charge in [-0.2, -0.15) is 0 Å². The van der Waals surface area contributed by atoms with E-state index in [9.17, 15) is 14.7 Å². The maximum atomic E-state index is 12.4. The zero-order valence-corrected chi connectivity index (χ0v) is 11.8. The molecule has 5 heteroatoms. The first kappa shape index (κ1) is 14.3. The Hall–Kier alpha value is -1.10. The van der Waals surface area contributed by atoms with E-state index in [0.29, 0.717) is 18.9 Å². The van der Waals surface area contributed by atoms with Crippen LogP contribution in [-0.2, 0) is 9.59 Å². The normalized spacial score (nSPS) is 27.7. The van der Waals surface area contributed by atoms with Gasteiger partial charge in [-0.3, -0.25) is 9.59 Å². The minimum Gasteiger partial charge on any atom is -0.394 e. The highest BCUT2D eigenvalue weighted by atomic mass is 16.3. The molecule has 0 saturated carbocycles. The van der Waals surface area contributed by atoms with Crippen molar-refractivity contribution in [1.82, 2.24) is 9.80 Å². The Labute approximate surface area is 114 Å². The molecule has 2 fully saturated rings. The summed E-state index contributed by atoms with van der Waals surface area (Å²) < 4.78 is 0. The molecule has 0 radical (unpaired) electrons. The molecule has 19 heavy (non-hydrogen) atoms. The van der Waals surface area contributed by atoms with Gasteiger partial charge in [0.25, 0.3) is 0 Å². The summed E-state index contributed by atoms with van der Waals surface area (Å²) in [5.41, 5.74) is 0.